The lowest BCUT2D eigenvalue weighted by Gasteiger charge is -2.33. The molecule has 4 rings (SSSR count). The summed E-state index contributed by atoms with van der Waals surface area (Å²) in [5.41, 5.74) is 15.2. The minimum Gasteiger partial charge on any atom is -0.497 e. The molecule has 2 atom stereocenters. The van der Waals surface area contributed by atoms with Gasteiger partial charge in [0.15, 0.2) is 0 Å². The average molecular weight is 739 g/mol. The Labute approximate surface area is 328 Å². The molecule has 54 heavy (non-hydrogen) atoms. The Kier molecular flexibility index (Phi) is 15.5. The van der Waals surface area contributed by atoms with Gasteiger partial charge in [0, 0.05) is 23.0 Å². The Balaban J connectivity index is 0.000000303. The molecule has 0 radical (unpaired) electrons. The number of rotatable bonds is 13. The van der Waals surface area contributed by atoms with E-state index in [1.165, 1.54) is 61.2 Å². The first-order chi connectivity index (χ1) is 25.3. The molecule has 0 aromatic heterocycles. The smallest absolute Gasteiger partial charge is 0.129 e. The molecule has 0 aliphatic carbocycles. The number of ether oxygens (including phenoxy) is 5. The fourth-order valence-electron chi connectivity index (χ4n) is 8.14. The van der Waals surface area contributed by atoms with Gasteiger partial charge >= 0.3 is 0 Å². The maximum absolute atomic E-state index is 6.23. The van der Waals surface area contributed by atoms with Gasteiger partial charge < -0.3 is 23.7 Å². The number of hydrogen-bond acceptors (Lipinski definition) is 5. The van der Waals surface area contributed by atoms with Crippen molar-refractivity contribution >= 4 is 0 Å². The largest absolute Gasteiger partial charge is 0.497 e. The summed E-state index contributed by atoms with van der Waals surface area (Å²) in [4.78, 5) is 0. The van der Waals surface area contributed by atoms with Crippen molar-refractivity contribution in [3.05, 3.63) is 109 Å². The monoisotopic (exact) mass is 739 g/mol. The van der Waals surface area contributed by atoms with Crippen LogP contribution >= 0.6 is 0 Å². The van der Waals surface area contributed by atoms with Crippen LogP contribution in [-0.2, 0) is 0 Å². The summed E-state index contributed by atoms with van der Waals surface area (Å²) >= 11 is 0. The molecule has 0 amide bonds. The molecular weight excluding hydrogens is 669 g/mol. The summed E-state index contributed by atoms with van der Waals surface area (Å²) in [5.74, 6) is 6.22. The van der Waals surface area contributed by atoms with E-state index < -0.39 is 0 Å². The first-order valence-electron chi connectivity index (χ1n) is 19.7. The third-order valence-electron chi connectivity index (χ3n) is 11.0. The molecule has 0 spiro atoms. The predicted molar refractivity (Wildman–Crippen MR) is 228 cm³/mol. The van der Waals surface area contributed by atoms with Gasteiger partial charge in [-0.15, -0.1) is 0 Å². The van der Waals surface area contributed by atoms with Gasteiger partial charge in [-0.1, -0.05) is 45.9 Å². The SMILES string of the molecule is COc1c(C)c(C)c(C(c2c(C)c(C)c(OC(C)C)c(C)c2C)C(C)C)c(OC)c1C.COc1ccc(C(c2ccc(OC(C)C)cc2)C(C)C)c(C)c1. The highest BCUT2D eigenvalue weighted by Crippen LogP contribution is 2.49. The van der Waals surface area contributed by atoms with E-state index >= 15 is 0 Å². The van der Waals surface area contributed by atoms with Gasteiger partial charge in [0.1, 0.15) is 28.7 Å². The normalized spacial score (nSPS) is 12.5. The number of benzene rings is 4. The van der Waals surface area contributed by atoms with Gasteiger partial charge in [-0.2, -0.15) is 0 Å². The molecule has 0 aliphatic rings. The Bertz CT molecular complexity index is 1830. The van der Waals surface area contributed by atoms with E-state index in [4.69, 9.17) is 23.7 Å². The highest BCUT2D eigenvalue weighted by Gasteiger charge is 2.32. The third-order valence-corrected chi connectivity index (χ3v) is 11.0. The zero-order valence-electron chi connectivity index (χ0n) is 37.0. The van der Waals surface area contributed by atoms with Crippen molar-refractivity contribution in [1.29, 1.82) is 0 Å². The Hall–Kier alpha value is -4.12. The van der Waals surface area contributed by atoms with E-state index in [9.17, 15) is 0 Å². The fraction of sp³-hybridized carbons (Fsp3) is 0.510. The molecule has 0 N–H and O–H groups in total. The number of hydrogen-bond donors (Lipinski definition) is 0. The van der Waals surface area contributed by atoms with Crippen molar-refractivity contribution in [1.82, 2.24) is 0 Å². The van der Waals surface area contributed by atoms with E-state index in [1.807, 2.05) is 19.9 Å². The van der Waals surface area contributed by atoms with E-state index in [1.54, 1.807) is 21.3 Å². The van der Waals surface area contributed by atoms with Gasteiger partial charge in [-0.25, -0.2) is 0 Å². The van der Waals surface area contributed by atoms with Crippen molar-refractivity contribution in [2.24, 2.45) is 11.8 Å². The van der Waals surface area contributed by atoms with Crippen LogP contribution in [0.15, 0.2) is 42.5 Å². The molecule has 0 saturated carbocycles. The number of methoxy groups -OCH3 is 3. The van der Waals surface area contributed by atoms with Gasteiger partial charge in [-0.05, 0) is 175 Å². The van der Waals surface area contributed by atoms with Crippen LogP contribution in [0.5, 0.6) is 28.7 Å². The molecule has 4 aromatic rings. The molecule has 296 valence electrons. The molecule has 0 aliphatic heterocycles. The van der Waals surface area contributed by atoms with Crippen LogP contribution in [0.25, 0.3) is 0 Å². The minimum absolute atomic E-state index is 0.150. The van der Waals surface area contributed by atoms with Crippen LogP contribution in [0.3, 0.4) is 0 Å². The molecule has 4 aromatic carbocycles. The second-order valence-corrected chi connectivity index (χ2v) is 16.2. The van der Waals surface area contributed by atoms with Crippen LogP contribution in [0.2, 0.25) is 0 Å². The van der Waals surface area contributed by atoms with Crippen LogP contribution in [-0.4, -0.2) is 33.5 Å². The van der Waals surface area contributed by atoms with E-state index in [0.29, 0.717) is 17.8 Å². The molecular formula is C49H70O5. The Morgan fingerprint density at radius 2 is 0.870 bits per heavy atom. The van der Waals surface area contributed by atoms with Crippen LogP contribution in [0, 0.1) is 67.2 Å². The highest BCUT2D eigenvalue weighted by molar-refractivity contribution is 5.64. The minimum atomic E-state index is 0.150. The Morgan fingerprint density at radius 1 is 0.407 bits per heavy atom. The predicted octanol–water partition coefficient (Wildman–Crippen LogP) is 13.0. The zero-order valence-corrected chi connectivity index (χ0v) is 37.0. The van der Waals surface area contributed by atoms with Crippen LogP contribution in [0.1, 0.15) is 134 Å². The van der Waals surface area contributed by atoms with Crippen LogP contribution in [0.4, 0.5) is 0 Å². The van der Waals surface area contributed by atoms with E-state index in [2.05, 4.69) is 133 Å². The third kappa shape index (κ3) is 9.57. The molecule has 0 heterocycles. The molecule has 5 heteroatoms. The maximum Gasteiger partial charge on any atom is 0.129 e. The summed E-state index contributed by atoms with van der Waals surface area (Å²) in [6, 6.07) is 14.9. The summed E-state index contributed by atoms with van der Waals surface area (Å²) < 4.78 is 29.1. The second-order valence-electron chi connectivity index (χ2n) is 16.2. The molecule has 0 saturated heterocycles. The van der Waals surface area contributed by atoms with Crippen molar-refractivity contribution in [3.8, 4) is 28.7 Å². The molecule has 2 unspecified atom stereocenters. The van der Waals surface area contributed by atoms with Crippen LogP contribution < -0.4 is 23.7 Å². The second kappa shape index (κ2) is 19.0. The maximum atomic E-state index is 6.23. The lowest BCUT2D eigenvalue weighted by Crippen LogP contribution is -2.18. The molecule has 5 nitrogen and oxygen atoms in total. The topological polar surface area (TPSA) is 46.2 Å². The first kappa shape index (κ1) is 44.3. The molecule has 0 fully saturated rings. The molecule has 0 bridgehead atoms. The fourth-order valence-corrected chi connectivity index (χ4v) is 8.14. The number of aryl methyl sites for hydroxylation is 1. The quantitative estimate of drug-likeness (QED) is 0.137. The zero-order chi connectivity index (χ0) is 40.8. The lowest BCUT2D eigenvalue weighted by molar-refractivity contribution is 0.238. The average Bonchev–Trinajstić information content (AvgIpc) is 3.11. The van der Waals surface area contributed by atoms with Gasteiger partial charge in [0.25, 0.3) is 0 Å². The first-order valence-corrected chi connectivity index (χ1v) is 19.7. The van der Waals surface area contributed by atoms with Crippen molar-refractivity contribution in [2.45, 2.75) is 135 Å². The van der Waals surface area contributed by atoms with Gasteiger partial charge in [0.2, 0.25) is 0 Å². The summed E-state index contributed by atoms with van der Waals surface area (Å²) in [6.07, 6.45) is 0.350. The van der Waals surface area contributed by atoms with Gasteiger partial charge in [0.05, 0.1) is 33.5 Å². The van der Waals surface area contributed by atoms with Crippen molar-refractivity contribution in [2.75, 3.05) is 21.3 Å². The summed E-state index contributed by atoms with van der Waals surface area (Å²) in [7, 11) is 5.22. The van der Waals surface area contributed by atoms with E-state index in [-0.39, 0.29) is 18.1 Å². The standard InChI is InChI=1S/C28H42O3.C21H28O2/c1-14(2)23(25-18(7)19(8)26(29-12)22(11)28(25)30-13)24-16(5)20(9)27(31-15(3)4)21(10)17(24)6;1-14(2)21(20-12-11-19(22-6)13-16(20)5)17-7-9-18(10-8-17)23-15(3)4/h14-15,23H,1-13H3;7-15,21H,1-6H3. The van der Waals surface area contributed by atoms with Gasteiger partial charge in [-0.3, -0.25) is 0 Å². The summed E-state index contributed by atoms with van der Waals surface area (Å²) in [6.45, 7) is 34.9. The highest BCUT2D eigenvalue weighted by atomic mass is 16.5. The Morgan fingerprint density at radius 3 is 1.30 bits per heavy atom. The summed E-state index contributed by atoms with van der Waals surface area (Å²) in [5, 5.41) is 0. The lowest BCUT2D eigenvalue weighted by atomic mass is 9.74. The van der Waals surface area contributed by atoms with E-state index in [0.717, 1.165) is 34.3 Å². The van der Waals surface area contributed by atoms with Crippen molar-refractivity contribution in [3.63, 3.8) is 0 Å². The van der Waals surface area contributed by atoms with Crippen molar-refractivity contribution < 1.29 is 23.7 Å².